The molecule has 0 aliphatic carbocycles. The van der Waals surface area contributed by atoms with Crippen molar-refractivity contribution in [1.29, 1.82) is 0 Å². The molecule has 0 unspecified atom stereocenters. The van der Waals surface area contributed by atoms with Crippen LogP contribution in [-0.2, 0) is 14.2 Å². The summed E-state index contributed by atoms with van der Waals surface area (Å²) in [5.41, 5.74) is 0. The first kappa shape index (κ1) is 7.06. The van der Waals surface area contributed by atoms with Crippen molar-refractivity contribution in [3.63, 3.8) is 0 Å². The predicted octanol–water partition coefficient (Wildman–Crippen LogP) is -0.437. The molecular formula is C2BF2O3. The van der Waals surface area contributed by atoms with Crippen LogP contribution >= 0.6 is 0 Å². The van der Waals surface area contributed by atoms with E-state index in [0.29, 0.717) is 6.29 Å². The molecule has 0 spiro atoms. The highest BCUT2D eigenvalue weighted by Crippen LogP contribution is 1.86. The lowest BCUT2D eigenvalue weighted by molar-refractivity contribution is -0.128. The molecule has 1 radical (unpaired) electrons. The molecular weight excluding hydrogens is 121 g/mol. The molecule has 0 aliphatic rings. The second-order valence-electron chi connectivity index (χ2n) is 0.768. The highest BCUT2D eigenvalue weighted by atomic mass is 19.2. The molecule has 43 valence electrons. The third-order valence-electron chi connectivity index (χ3n) is 0.279. The van der Waals surface area contributed by atoms with Crippen molar-refractivity contribution in [3.8, 4) is 0 Å². The maximum Gasteiger partial charge on any atom is 0.798 e. The van der Waals surface area contributed by atoms with Crippen LogP contribution in [0.1, 0.15) is 0 Å². The van der Waals surface area contributed by atoms with E-state index in [1.807, 2.05) is 0 Å². The monoisotopic (exact) mass is 121 g/mol. The van der Waals surface area contributed by atoms with E-state index in [2.05, 4.69) is 4.65 Å². The van der Waals surface area contributed by atoms with Crippen LogP contribution in [0.25, 0.3) is 0 Å². The van der Waals surface area contributed by atoms with Crippen molar-refractivity contribution in [1.82, 2.24) is 0 Å². The Morgan fingerprint density at radius 3 is 2.25 bits per heavy atom. The summed E-state index contributed by atoms with van der Waals surface area (Å²) in [7, 11) is -3.23. The van der Waals surface area contributed by atoms with E-state index in [0.717, 1.165) is 0 Å². The van der Waals surface area contributed by atoms with Crippen LogP contribution in [0.2, 0.25) is 0 Å². The van der Waals surface area contributed by atoms with E-state index >= 15 is 0 Å². The predicted molar refractivity (Wildman–Crippen MR) is 19.8 cm³/mol. The third kappa shape index (κ3) is 3.26. The molecule has 0 aromatic carbocycles. The van der Waals surface area contributed by atoms with E-state index in [-0.39, 0.29) is 0 Å². The minimum absolute atomic E-state index is 0.605. The standard InChI is InChI=1S/C2BF2O3/c4-3(5)8-2(7)1-6. The Kier molecular flexibility index (Phi) is 2.75. The van der Waals surface area contributed by atoms with Crippen LogP contribution < -0.4 is 0 Å². The van der Waals surface area contributed by atoms with Crippen molar-refractivity contribution in [2.45, 2.75) is 0 Å². The van der Waals surface area contributed by atoms with Gasteiger partial charge in [0.25, 0.3) is 0 Å². The molecule has 6 heteroatoms. The van der Waals surface area contributed by atoms with Gasteiger partial charge in [0, 0.05) is 0 Å². The van der Waals surface area contributed by atoms with Crippen molar-refractivity contribution >= 4 is 19.7 Å². The lowest BCUT2D eigenvalue weighted by atomic mass is 10.4. The van der Waals surface area contributed by atoms with Crippen molar-refractivity contribution in [2.24, 2.45) is 0 Å². The number of hydrogen-bond acceptors (Lipinski definition) is 3. The molecule has 0 amide bonds. The Labute approximate surface area is 43.8 Å². The van der Waals surface area contributed by atoms with Gasteiger partial charge in [0.05, 0.1) is 0 Å². The molecule has 0 saturated heterocycles. The Morgan fingerprint density at radius 2 is 2.12 bits per heavy atom. The summed E-state index contributed by atoms with van der Waals surface area (Å²) < 4.78 is 24.7. The summed E-state index contributed by atoms with van der Waals surface area (Å²) >= 11 is 0. The van der Waals surface area contributed by atoms with E-state index in [1.54, 1.807) is 0 Å². The molecule has 0 heterocycles. The SMILES string of the molecule is O=[C]C(=O)OB(F)F. The van der Waals surface area contributed by atoms with E-state index in [9.17, 15) is 13.4 Å². The quantitative estimate of drug-likeness (QED) is 0.367. The van der Waals surface area contributed by atoms with Crippen LogP contribution in [-0.4, -0.2) is 19.7 Å². The maximum atomic E-state index is 10.9. The number of halogens is 2. The fourth-order valence-corrected chi connectivity index (χ4v) is 0.105. The lowest BCUT2D eigenvalue weighted by Gasteiger charge is -1.87. The molecule has 3 nitrogen and oxygen atoms in total. The summed E-state index contributed by atoms with van der Waals surface area (Å²) in [6, 6.07) is 0. The van der Waals surface area contributed by atoms with Gasteiger partial charge in [0.15, 0.2) is 0 Å². The zero-order valence-electron chi connectivity index (χ0n) is 3.56. The van der Waals surface area contributed by atoms with E-state index in [4.69, 9.17) is 4.79 Å². The van der Waals surface area contributed by atoms with Crippen LogP contribution in [0.4, 0.5) is 8.63 Å². The molecule has 0 N–H and O–H groups in total. The molecule has 0 aromatic heterocycles. The first-order valence-corrected chi connectivity index (χ1v) is 1.53. The van der Waals surface area contributed by atoms with Crippen LogP contribution in [0.5, 0.6) is 0 Å². The number of carbonyl (C=O) groups excluding carboxylic acids is 2. The normalized spacial score (nSPS) is 7.75. The van der Waals surface area contributed by atoms with Gasteiger partial charge in [-0.2, -0.15) is 0 Å². The van der Waals surface area contributed by atoms with E-state index in [1.165, 1.54) is 0 Å². The van der Waals surface area contributed by atoms with Crippen LogP contribution in [0.3, 0.4) is 0 Å². The number of hydrogen-bond donors (Lipinski definition) is 0. The minimum Gasteiger partial charge on any atom is -0.472 e. The molecule has 8 heavy (non-hydrogen) atoms. The summed E-state index contributed by atoms with van der Waals surface area (Å²) in [5.74, 6) is -1.68. The molecule has 0 saturated carbocycles. The van der Waals surface area contributed by atoms with Crippen LogP contribution in [0, 0.1) is 0 Å². The zero-order chi connectivity index (χ0) is 6.57. The minimum atomic E-state index is -3.23. The highest BCUT2D eigenvalue weighted by Gasteiger charge is 2.20. The van der Waals surface area contributed by atoms with Gasteiger partial charge in [0.1, 0.15) is 0 Å². The molecule has 0 rings (SSSR count). The van der Waals surface area contributed by atoms with Gasteiger partial charge in [-0.25, -0.2) is 13.4 Å². The van der Waals surface area contributed by atoms with Crippen molar-refractivity contribution < 1.29 is 22.9 Å². The Morgan fingerprint density at radius 1 is 1.62 bits per heavy atom. The Bertz CT molecular complexity index is 103. The second kappa shape index (κ2) is 3.12. The smallest absolute Gasteiger partial charge is 0.472 e. The van der Waals surface area contributed by atoms with Gasteiger partial charge in [-0.1, -0.05) is 0 Å². The summed E-state index contributed by atoms with van der Waals surface area (Å²) in [6.45, 7) is 0. The van der Waals surface area contributed by atoms with Gasteiger partial charge in [-0.3, -0.25) is 4.79 Å². The van der Waals surface area contributed by atoms with E-state index < -0.39 is 13.4 Å². The van der Waals surface area contributed by atoms with Gasteiger partial charge in [-0.15, -0.1) is 0 Å². The number of carbonyl (C=O) groups is 1. The summed E-state index contributed by atoms with van der Waals surface area (Å²) in [6.07, 6.45) is 0.605. The van der Waals surface area contributed by atoms with Crippen molar-refractivity contribution in [3.05, 3.63) is 0 Å². The molecule has 0 atom stereocenters. The average molecular weight is 121 g/mol. The maximum absolute atomic E-state index is 10.9. The Hall–Kier alpha value is -0.935. The first-order chi connectivity index (χ1) is 3.66. The molecule has 0 aliphatic heterocycles. The van der Waals surface area contributed by atoms with Gasteiger partial charge in [0.2, 0.25) is 0 Å². The average Bonchev–Trinajstić information content (AvgIpc) is 1.65. The van der Waals surface area contributed by atoms with Crippen molar-refractivity contribution in [2.75, 3.05) is 0 Å². The first-order valence-electron chi connectivity index (χ1n) is 1.53. The zero-order valence-corrected chi connectivity index (χ0v) is 3.56. The fraction of sp³-hybridized carbons (Fsp3) is 0. The Balaban J connectivity index is 3.39. The second-order valence-corrected chi connectivity index (χ2v) is 0.768. The fourth-order valence-electron chi connectivity index (χ4n) is 0.105. The van der Waals surface area contributed by atoms with Gasteiger partial charge < -0.3 is 4.65 Å². The summed E-state index contributed by atoms with van der Waals surface area (Å²) in [4.78, 5) is 18.6. The molecule has 0 aromatic rings. The third-order valence-corrected chi connectivity index (χ3v) is 0.279. The highest BCUT2D eigenvalue weighted by molar-refractivity contribution is 6.41. The lowest BCUT2D eigenvalue weighted by Crippen LogP contribution is -2.13. The molecule has 0 fully saturated rings. The summed E-state index contributed by atoms with van der Waals surface area (Å²) in [5, 5.41) is 0. The van der Waals surface area contributed by atoms with Crippen LogP contribution in [0.15, 0.2) is 0 Å². The van der Waals surface area contributed by atoms with Gasteiger partial charge >= 0.3 is 19.7 Å². The topological polar surface area (TPSA) is 43.4 Å². The largest absolute Gasteiger partial charge is 0.798 e. The van der Waals surface area contributed by atoms with Gasteiger partial charge in [-0.05, 0) is 0 Å². The number of rotatable bonds is 2. The molecule has 0 bridgehead atoms.